The maximum Gasteiger partial charge on any atom is 0.159 e. The summed E-state index contributed by atoms with van der Waals surface area (Å²) in [6.45, 7) is 6.19. The van der Waals surface area contributed by atoms with Crippen LogP contribution in [-0.4, -0.2) is 23.1 Å². The minimum Gasteiger partial charge on any atom is -0.393 e. The molecule has 3 rings (SSSR count). The van der Waals surface area contributed by atoms with E-state index < -0.39 is 0 Å². The molecule has 1 aliphatic heterocycles. The lowest BCUT2D eigenvalue weighted by Crippen LogP contribution is -2.31. The summed E-state index contributed by atoms with van der Waals surface area (Å²) in [6, 6.07) is 6.31. The van der Waals surface area contributed by atoms with Gasteiger partial charge in [-0.1, -0.05) is 12.1 Å². The number of rotatable bonds is 3. The van der Waals surface area contributed by atoms with Crippen LogP contribution in [0.5, 0.6) is 0 Å². The molecule has 1 aliphatic rings. The number of nitrogens with two attached hydrogens (primary N) is 1. The molecule has 0 amide bonds. The van der Waals surface area contributed by atoms with E-state index in [9.17, 15) is 0 Å². The fraction of sp³-hybridized carbons (Fsp3) is 0.412. The number of nitrogens with zero attached hydrogens (tertiary/aromatic N) is 3. The summed E-state index contributed by atoms with van der Waals surface area (Å²) in [5.74, 6) is 1.53. The number of nitrogen functional groups attached to an aromatic ring is 1. The molecule has 22 heavy (non-hydrogen) atoms. The van der Waals surface area contributed by atoms with Gasteiger partial charge in [0, 0.05) is 18.8 Å². The molecule has 116 valence electrons. The molecular formula is C17H23N5. The van der Waals surface area contributed by atoms with Crippen LogP contribution < -0.4 is 16.0 Å². The molecule has 0 aliphatic carbocycles. The van der Waals surface area contributed by atoms with Crippen molar-refractivity contribution >= 4 is 23.0 Å². The van der Waals surface area contributed by atoms with Crippen LogP contribution in [0.2, 0.25) is 0 Å². The topological polar surface area (TPSA) is 67.1 Å². The highest BCUT2D eigenvalue weighted by Crippen LogP contribution is 2.31. The van der Waals surface area contributed by atoms with E-state index in [-0.39, 0.29) is 0 Å². The third-order valence-electron chi connectivity index (χ3n) is 4.16. The van der Waals surface area contributed by atoms with Crippen LogP contribution in [0, 0.1) is 13.8 Å². The van der Waals surface area contributed by atoms with Gasteiger partial charge in [-0.25, -0.2) is 9.97 Å². The Morgan fingerprint density at radius 2 is 1.86 bits per heavy atom. The van der Waals surface area contributed by atoms with Gasteiger partial charge in [-0.2, -0.15) is 0 Å². The molecule has 5 heteroatoms. The smallest absolute Gasteiger partial charge is 0.159 e. The van der Waals surface area contributed by atoms with Crippen LogP contribution in [0.4, 0.5) is 23.0 Å². The Labute approximate surface area is 131 Å². The zero-order valence-corrected chi connectivity index (χ0v) is 13.3. The van der Waals surface area contributed by atoms with Crippen molar-refractivity contribution < 1.29 is 0 Å². The lowest BCUT2D eigenvalue weighted by molar-refractivity contribution is 0.574. The summed E-state index contributed by atoms with van der Waals surface area (Å²) in [7, 11) is 0. The lowest BCUT2D eigenvalue weighted by Gasteiger charge is -2.29. The van der Waals surface area contributed by atoms with Gasteiger partial charge >= 0.3 is 0 Å². The molecule has 0 spiro atoms. The number of hydrogen-bond donors (Lipinski definition) is 2. The highest BCUT2D eigenvalue weighted by atomic mass is 15.2. The normalized spacial score (nSPS) is 14.9. The van der Waals surface area contributed by atoms with Crippen LogP contribution in [0.25, 0.3) is 0 Å². The maximum absolute atomic E-state index is 6.32. The molecule has 3 N–H and O–H groups in total. The molecule has 1 aromatic heterocycles. The standard InChI is InChI=1S/C17H23N5/c1-12-6-7-13(2)14(10-12)21-16-15(18)17(20-11-19-16)22-8-4-3-5-9-22/h6-7,10-11H,3-5,8-9,18H2,1-2H3,(H,19,20,21). The Bertz CT molecular complexity index is 662. The third kappa shape index (κ3) is 2.98. The summed E-state index contributed by atoms with van der Waals surface area (Å²) >= 11 is 0. The fourth-order valence-corrected chi connectivity index (χ4v) is 2.84. The second kappa shape index (κ2) is 6.22. The van der Waals surface area contributed by atoms with Gasteiger partial charge in [0.15, 0.2) is 11.6 Å². The number of aryl methyl sites for hydroxylation is 2. The van der Waals surface area contributed by atoms with E-state index in [0.29, 0.717) is 11.5 Å². The first-order valence-electron chi connectivity index (χ1n) is 7.85. The molecule has 0 saturated carbocycles. The fourth-order valence-electron chi connectivity index (χ4n) is 2.84. The zero-order chi connectivity index (χ0) is 15.5. The first-order chi connectivity index (χ1) is 10.6. The highest BCUT2D eigenvalue weighted by molar-refractivity contribution is 5.79. The monoisotopic (exact) mass is 297 g/mol. The van der Waals surface area contributed by atoms with Crippen molar-refractivity contribution in [2.75, 3.05) is 29.0 Å². The molecule has 2 heterocycles. The van der Waals surface area contributed by atoms with Gasteiger partial charge in [-0.05, 0) is 50.3 Å². The quantitative estimate of drug-likeness (QED) is 0.908. The molecule has 2 aromatic rings. The Kier molecular flexibility index (Phi) is 4.13. The molecule has 0 atom stereocenters. The summed E-state index contributed by atoms with van der Waals surface area (Å²) in [4.78, 5) is 11.0. The van der Waals surface area contributed by atoms with Gasteiger partial charge < -0.3 is 16.0 Å². The first-order valence-corrected chi connectivity index (χ1v) is 7.85. The molecule has 5 nitrogen and oxygen atoms in total. The minimum absolute atomic E-state index is 0.630. The molecule has 0 unspecified atom stereocenters. The zero-order valence-electron chi connectivity index (χ0n) is 13.3. The first kappa shape index (κ1) is 14.6. The predicted octanol–water partition coefficient (Wildman–Crippen LogP) is 3.41. The van der Waals surface area contributed by atoms with Gasteiger partial charge in [0.05, 0.1) is 0 Å². The number of piperidine rings is 1. The van der Waals surface area contributed by atoms with Crippen LogP contribution in [0.1, 0.15) is 30.4 Å². The van der Waals surface area contributed by atoms with E-state index in [0.717, 1.165) is 24.6 Å². The van der Waals surface area contributed by atoms with Crippen molar-refractivity contribution in [2.45, 2.75) is 33.1 Å². The van der Waals surface area contributed by atoms with Crippen molar-refractivity contribution in [3.63, 3.8) is 0 Å². The van der Waals surface area contributed by atoms with Gasteiger partial charge in [0.1, 0.15) is 12.0 Å². The second-order valence-electron chi connectivity index (χ2n) is 5.95. The summed E-state index contributed by atoms with van der Waals surface area (Å²) in [6.07, 6.45) is 5.27. The van der Waals surface area contributed by atoms with Crippen LogP contribution in [0.3, 0.4) is 0 Å². The van der Waals surface area contributed by atoms with Gasteiger partial charge in [-0.15, -0.1) is 0 Å². The average Bonchev–Trinajstić information content (AvgIpc) is 2.54. The van der Waals surface area contributed by atoms with Crippen molar-refractivity contribution in [1.29, 1.82) is 0 Å². The largest absolute Gasteiger partial charge is 0.393 e. The number of anilines is 4. The Hall–Kier alpha value is -2.30. The van der Waals surface area contributed by atoms with Crippen molar-refractivity contribution in [3.8, 4) is 0 Å². The Morgan fingerprint density at radius 1 is 1.09 bits per heavy atom. The Morgan fingerprint density at radius 3 is 2.64 bits per heavy atom. The number of benzene rings is 1. The number of nitrogens with one attached hydrogen (secondary N) is 1. The average molecular weight is 297 g/mol. The van der Waals surface area contributed by atoms with Crippen molar-refractivity contribution in [3.05, 3.63) is 35.7 Å². The van der Waals surface area contributed by atoms with Gasteiger partial charge in [0.2, 0.25) is 0 Å². The van der Waals surface area contributed by atoms with Crippen LogP contribution >= 0.6 is 0 Å². The summed E-state index contributed by atoms with van der Waals surface area (Å²) in [5, 5.41) is 3.36. The van der Waals surface area contributed by atoms with Gasteiger partial charge in [0.25, 0.3) is 0 Å². The van der Waals surface area contributed by atoms with Crippen molar-refractivity contribution in [1.82, 2.24) is 9.97 Å². The van der Waals surface area contributed by atoms with E-state index in [1.807, 2.05) is 0 Å². The van der Waals surface area contributed by atoms with E-state index >= 15 is 0 Å². The van der Waals surface area contributed by atoms with Gasteiger partial charge in [-0.3, -0.25) is 0 Å². The van der Waals surface area contributed by atoms with E-state index in [4.69, 9.17) is 5.73 Å². The van der Waals surface area contributed by atoms with Crippen LogP contribution in [-0.2, 0) is 0 Å². The molecule has 0 radical (unpaired) electrons. The minimum atomic E-state index is 0.630. The molecule has 1 saturated heterocycles. The van der Waals surface area contributed by atoms with E-state index in [1.165, 1.54) is 30.4 Å². The van der Waals surface area contributed by atoms with E-state index in [2.05, 4.69) is 52.2 Å². The van der Waals surface area contributed by atoms with E-state index in [1.54, 1.807) is 6.33 Å². The maximum atomic E-state index is 6.32. The molecule has 1 fully saturated rings. The molecule has 1 aromatic carbocycles. The third-order valence-corrected chi connectivity index (χ3v) is 4.16. The molecular weight excluding hydrogens is 274 g/mol. The second-order valence-corrected chi connectivity index (χ2v) is 5.95. The number of aromatic nitrogens is 2. The number of hydrogen-bond acceptors (Lipinski definition) is 5. The van der Waals surface area contributed by atoms with Crippen LogP contribution in [0.15, 0.2) is 24.5 Å². The predicted molar refractivity (Wildman–Crippen MR) is 91.7 cm³/mol. The van der Waals surface area contributed by atoms with Crippen molar-refractivity contribution in [2.24, 2.45) is 0 Å². The highest BCUT2D eigenvalue weighted by Gasteiger charge is 2.17. The summed E-state index contributed by atoms with van der Waals surface area (Å²) < 4.78 is 0. The summed E-state index contributed by atoms with van der Waals surface area (Å²) in [5.41, 5.74) is 10.4. The lowest BCUT2D eigenvalue weighted by atomic mass is 10.1. The Balaban J connectivity index is 1.89. The SMILES string of the molecule is Cc1ccc(C)c(Nc2ncnc(N3CCCCC3)c2N)c1. The molecule has 0 bridgehead atoms.